The highest BCUT2D eigenvalue weighted by Crippen LogP contribution is 2.32. The van der Waals surface area contributed by atoms with Crippen molar-refractivity contribution in [1.29, 1.82) is 0 Å². The van der Waals surface area contributed by atoms with Crippen molar-refractivity contribution in [3.05, 3.63) is 40.7 Å². The van der Waals surface area contributed by atoms with Crippen LogP contribution in [0.3, 0.4) is 0 Å². The number of rotatable bonds is 4. The molecule has 1 aromatic rings. The number of ketones is 1. The number of nitrogens with zero attached hydrogens (tertiary/aromatic N) is 2. The van der Waals surface area contributed by atoms with E-state index in [-0.39, 0.29) is 11.0 Å². The second-order valence-corrected chi connectivity index (χ2v) is 8.62. The van der Waals surface area contributed by atoms with Crippen molar-refractivity contribution >= 4 is 15.8 Å². The van der Waals surface area contributed by atoms with Gasteiger partial charge in [0.15, 0.2) is 0 Å². The first kappa shape index (κ1) is 16.3. The molecule has 2 aliphatic rings. The monoisotopic (exact) mass is 334 g/mol. The van der Waals surface area contributed by atoms with Crippen LogP contribution in [0.25, 0.3) is 0 Å². The van der Waals surface area contributed by atoms with Gasteiger partial charge in [-0.15, -0.1) is 0 Å². The van der Waals surface area contributed by atoms with Gasteiger partial charge in [0.05, 0.1) is 5.25 Å². The summed E-state index contributed by atoms with van der Waals surface area (Å²) >= 11 is 0. The molecule has 0 N–H and O–H groups in total. The molecule has 0 atom stereocenters. The van der Waals surface area contributed by atoms with E-state index < -0.39 is 10.0 Å². The zero-order chi connectivity index (χ0) is 16.6. The molecule has 1 aromatic heterocycles. The Balaban J connectivity index is 1.74. The number of sulfonamides is 1. The second-order valence-electron chi connectivity index (χ2n) is 6.41. The van der Waals surface area contributed by atoms with E-state index in [1.165, 1.54) is 0 Å². The minimum absolute atomic E-state index is 0.0810. The summed E-state index contributed by atoms with van der Waals surface area (Å²) in [6.45, 7) is 4.67. The summed E-state index contributed by atoms with van der Waals surface area (Å²) in [5, 5.41) is -0.194. The van der Waals surface area contributed by atoms with E-state index in [1.807, 2.05) is 26.0 Å². The number of aryl methyl sites for hydroxylation is 2. The number of aromatic nitrogens is 1. The van der Waals surface area contributed by atoms with Crippen LogP contribution in [0, 0.1) is 13.8 Å². The van der Waals surface area contributed by atoms with E-state index in [0.717, 1.165) is 24.1 Å². The molecule has 1 aliphatic carbocycles. The number of carbonyl (C=O) groups excluding carboxylic acids is 1. The minimum Gasteiger partial charge on any atom is -0.287 e. The fraction of sp³-hybridized carbons (Fsp3) is 0.529. The Labute approximate surface area is 137 Å². The predicted octanol–water partition coefficient (Wildman–Crippen LogP) is 2.40. The van der Waals surface area contributed by atoms with Gasteiger partial charge in [-0.3, -0.25) is 4.79 Å². The summed E-state index contributed by atoms with van der Waals surface area (Å²) in [5.41, 5.74) is 2.96. The van der Waals surface area contributed by atoms with Gasteiger partial charge in [-0.2, -0.15) is 0 Å². The molecule has 2 heterocycles. The summed E-state index contributed by atoms with van der Waals surface area (Å²) in [7, 11) is -3.17. The standard InChI is InChI=1S/C17H22N2O3S/c1-12-10-13(2)18-16(11-12)17(20)14-4-3-8-19(9-7-14)23(21,22)15-5-6-15/h4,10-11,15H,3,5-9H2,1-2H3. The average Bonchev–Trinajstić information content (AvgIpc) is 3.31. The SMILES string of the molecule is Cc1cc(C)nc(C(=O)C2=CCCN(S(=O)(=O)C3CC3)CC2)c1. The smallest absolute Gasteiger partial charge is 0.217 e. The third-order valence-corrected chi connectivity index (χ3v) is 6.73. The minimum atomic E-state index is -3.17. The van der Waals surface area contributed by atoms with Crippen LogP contribution in [0.5, 0.6) is 0 Å². The number of hydrogen-bond acceptors (Lipinski definition) is 4. The molecule has 5 nitrogen and oxygen atoms in total. The highest BCUT2D eigenvalue weighted by molar-refractivity contribution is 7.90. The summed E-state index contributed by atoms with van der Waals surface area (Å²) < 4.78 is 26.2. The van der Waals surface area contributed by atoms with Crippen molar-refractivity contribution in [2.24, 2.45) is 0 Å². The normalized spacial score (nSPS) is 20.0. The maximum Gasteiger partial charge on any atom is 0.217 e. The van der Waals surface area contributed by atoms with Crippen molar-refractivity contribution in [2.75, 3.05) is 13.1 Å². The fourth-order valence-corrected chi connectivity index (χ4v) is 4.86. The van der Waals surface area contributed by atoms with E-state index in [0.29, 0.717) is 37.2 Å². The Morgan fingerprint density at radius 2 is 1.96 bits per heavy atom. The Hall–Kier alpha value is -1.53. The van der Waals surface area contributed by atoms with Crippen LogP contribution in [0.4, 0.5) is 0 Å². The fourth-order valence-electron chi connectivity index (χ4n) is 3.00. The highest BCUT2D eigenvalue weighted by atomic mass is 32.2. The molecular formula is C17H22N2O3S. The van der Waals surface area contributed by atoms with Crippen LogP contribution in [-0.4, -0.2) is 41.8 Å². The predicted molar refractivity (Wildman–Crippen MR) is 88.9 cm³/mol. The Morgan fingerprint density at radius 1 is 1.22 bits per heavy atom. The lowest BCUT2D eigenvalue weighted by molar-refractivity contribution is 0.102. The van der Waals surface area contributed by atoms with Crippen LogP contribution >= 0.6 is 0 Å². The Bertz CT molecular complexity index is 744. The third-order valence-electron chi connectivity index (χ3n) is 4.33. The average molecular weight is 334 g/mol. The number of pyridine rings is 1. The van der Waals surface area contributed by atoms with Crippen LogP contribution in [0.2, 0.25) is 0 Å². The van der Waals surface area contributed by atoms with Gasteiger partial charge in [0, 0.05) is 18.8 Å². The van der Waals surface area contributed by atoms with Crippen LogP contribution < -0.4 is 0 Å². The van der Waals surface area contributed by atoms with Gasteiger partial charge in [-0.1, -0.05) is 6.08 Å². The van der Waals surface area contributed by atoms with Crippen molar-refractivity contribution < 1.29 is 13.2 Å². The molecule has 1 aliphatic heterocycles. The van der Waals surface area contributed by atoms with Crippen molar-refractivity contribution in [2.45, 2.75) is 44.8 Å². The Kier molecular flexibility index (Phi) is 4.38. The van der Waals surface area contributed by atoms with E-state index in [1.54, 1.807) is 10.4 Å². The first-order valence-corrected chi connectivity index (χ1v) is 9.56. The number of hydrogen-bond donors (Lipinski definition) is 0. The van der Waals surface area contributed by atoms with Crippen LogP contribution in [0.1, 0.15) is 47.4 Å². The quantitative estimate of drug-likeness (QED) is 0.793. The van der Waals surface area contributed by atoms with Gasteiger partial charge in [0.2, 0.25) is 15.8 Å². The van der Waals surface area contributed by atoms with Crippen molar-refractivity contribution in [1.82, 2.24) is 9.29 Å². The number of Topliss-reactive ketones (excluding diaryl/α,β-unsaturated/α-hetero) is 1. The maximum atomic E-state index is 12.7. The lowest BCUT2D eigenvalue weighted by Crippen LogP contribution is -2.34. The molecule has 0 saturated heterocycles. The van der Waals surface area contributed by atoms with Gasteiger partial charge in [0.1, 0.15) is 5.69 Å². The van der Waals surface area contributed by atoms with Crippen LogP contribution in [0.15, 0.2) is 23.8 Å². The first-order valence-electron chi connectivity index (χ1n) is 8.06. The van der Waals surface area contributed by atoms with E-state index >= 15 is 0 Å². The van der Waals surface area contributed by atoms with Crippen LogP contribution in [-0.2, 0) is 10.0 Å². The lowest BCUT2D eigenvalue weighted by atomic mass is 10.0. The van der Waals surface area contributed by atoms with Gasteiger partial charge in [-0.05, 0) is 62.8 Å². The topological polar surface area (TPSA) is 67.3 Å². The third kappa shape index (κ3) is 3.53. The molecule has 0 radical (unpaired) electrons. The molecule has 0 unspecified atom stereocenters. The number of carbonyl (C=O) groups is 1. The van der Waals surface area contributed by atoms with Gasteiger partial charge in [-0.25, -0.2) is 17.7 Å². The molecule has 1 fully saturated rings. The molecule has 1 saturated carbocycles. The van der Waals surface area contributed by atoms with Gasteiger partial charge >= 0.3 is 0 Å². The molecular weight excluding hydrogens is 312 g/mol. The summed E-state index contributed by atoms with van der Waals surface area (Å²) in [6, 6.07) is 3.72. The summed E-state index contributed by atoms with van der Waals surface area (Å²) in [5.74, 6) is -0.0810. The largest absolute Gasteiger partial charge is 0.287 e. The molecule has 0 bridgehead atoms. The van der Waals surface area contributed by atoms with E-state index in [9.17, 15) is 13.2 Å². The maximum absolute atomic E-state index is 12.7. The van der Waals surface area contributed by atoms with Crippen molar-refractivity contribution in [3.63, 3.8) is 0 Å². The molecule has 0 spiro atoms. The summed E-state index contributed by atoms with van der Waals surface area (Å²) in [6.07, 6.45) is 4.45. The first-order chi connectivity index (χ1) is 10.9. The van der Waals surface area contributed by atoms with Gasteiger partial charge in [0.25, 0.3) is 0 Å². The zero-order valence-electron chi connectivity index (χ0n) is 13.6. The lowest BCUT2D eigenvalue weighted by Gasteiger charge is -2.19. The second kappa shape index (κ2) is 6.17. The van der Waals surface area contributed by atoms with E-state index in [4.69, 9.17) is 0 Å². The molecule has 0 aromatic carbocycles. The van der Waals surface area contributed by atoms with E-state index in [2.05, 4.69) is 4.98 Å². The molecule has 6 heteroatoms. The van der Waals surface area contributed by atoms with Crippen molar-refractivity contribution in [3.8, 4) is 0 Å². The Morgan fingerprint density at radius 3 is 2.61 bits per heavy atom. The molecule has 0 amide bonds. The molecule has 3 rings (SSSR count). The zero-order valence-corrected chi connectivity index (χ0v) is 14.4. The highest BCUT2D eigenvalue weighted by Gasteiger charge is 2.40. The molecule has 23 heavy (non-hydrogen) atoms. The summed E-state index contributed by atoms with van der Waals surface area (Å²) in [4.78, 5) is 17.0. The molecule has 124 valence electrons. The van der Waals surface area contributed by atoms with Gasteiger partial charge < -0.3 is 0 Å².